The van der Waals surface area contributed by atoms with Crippen LogP contribution in [0.25, 0.3) is 0 Å². The van der Waals surface area contributed by atoms with E-state index in [1.54, 1.807) is 30.1 Å². The van der Waals surface area contributed by atoms with Gasteiger partial charge in [0.15, 0.2) is 0 Å². The molecular formula is C25H30N4O4S2. The van der Waals surface area contributed by atoms with E-state index in [4.69, 9.17) is 0 Å². The van der Waals surface area contributed by atoms with Crippen LogP contribution in [0.3, 0.4) is 0 Å². The van der Waals surface area contributed by atoms with Crippen molar-refractivity contribution in [3.8, 4) is 0 Å². The Balaban J connectivity index is 1.47. The van der Waals surface area contributed by atoms with Gasteiger partial charge in [0.2, 0.25) is 0 Å². The number of amides is 2. The maximum atomic E-state index is 13.5. The number of thiophene rings is 1. The Labute approximate surface area is 210 Å². The fourth-order valence-corrected chi connectivity index (χ4v) is 7.29. The number of carbonyl (C=O) groups excluding carboxylic acids is 2. The number of nitrogens with zero attached hydrogens (tertiary/aromatic N) is 3. The van der Waals surface area contributed by atoms with Crippen molar-refractivity contribution in [1.82, 2.24) is 19.4 Å². The van der Waals surface area contributed by atoms with E-state index in [0.717, 1.165) is 36.3 Å². The van der Waals surface area contributed by atoms with Gasteiger partial charge < -0.3 is 14.7 Å². The van der Waals surface area contributed by atoms with E-state index in [1.165, 1.54) is 23.5 Å². The predicted molar refractivity (Wildman–Crippen MR) is 134 cm³/mol. The maximum Gasteiger partial charge on any atom is 0.272 e. The standard InChI is InChI=1S/C25H30N4O4S2/c1-27-20-11-6-5-10-19(20)23(22(25(27)31)26-35(32,33)18-8-3-2-4-9-18)28-13-15-29(16-14-28)24(30)21-12-7-17-34-21/h2-4,7-9,12,17,19-20,26H,5-6,10-11,13-16H2,1H3. The molecule has 2 fully saturated rings. The summed E-state index contributed by atoms with van der Waals surface area (Å²) < 4.78 is 29.1. The zero-order valence-corrected chi connectivity index (χ0v) is 21.4. The number of carbonyl (C=O) groups is 2. The Bertz CT molecular complexity index is 1220. The minimum Gasteiger partial charge on any atom is -0.369 e. The minimum absolute atomic E-state index is 0.0219. The summed E-state index contributed by atoms with van der Waals surface area (Å²) in [5.41, 5.74) is 0.943. The average Bonchev–Trinajstić information content (AvgIpc) is 3.43. The van der Waals surface area contributed by atoms with Gasteiger partial charge in [-0.2, -0.15) is 0 Å². The van der Waals surface area contributed by atoms with Crippen LogP contribution in [0.15, 0.2) is 64.1 Å². The van der Waals surface area contributed by atoms with Gasteiger partial charge in [0.25, 0.3) is 21.8 Å². The molecule has 0 radical (unpaired) electrons. The number of hydrogen-bond donors (Lipinski definition) is 1. The first-order valence-electron chi connectivity index (χ1n) is 12.0. The third-order valence-corrected chi connectivity index (χ3v) is 9.52. The lowest BCUT2D eigenvalue weighted by Crippen LogP contribution is -2.57. The highest BCUT2D eigenvalue weighted by molar-refractivity contribution is 7.89. The van der Waals surface area contributed by atoms with Gasteiger partial charge in [-0.15, -0.1) is 11.3 Å². The monoisotopic (exact) mass is 514 g/mol. The Morgan fingerprint density at radius 1 is 1.00 bits per heavy atom. The van der Waals surface area contributed by atoms with Crippen molar-refractivity contribution in [2.45, 2.75) is 36.6 Å². The van der Waals surface area contributed by atoms with Crippen molar-refractivity contribution in [3.63, 3.8) is 0 Å². The summed E-state index contributed by atoms with van der Waals surface area (Å²) in [7, 11) is -2.15. The van der Waals surface area contributed by atoms with Gasteiger partial charge in [0, 0.05) is 50.9 Å². The highest BCUT2D eigenvalue weighted by Gasteiger charge is 2.44. The molecule has 2 amide bonds. The van der Waals surface area contributed by atoms with Crippen LogP contribution in [0, 0.1) is 5.92 Å². The van der Waals surface area contributed by atoms with Gasteiger partial charge in [-0.3, -0.25) is 14.3 Å². The van der Waals surface area contributed by atoms with E-state index in [2.05, 4.69) is 9.62 Å². The number of nitrogens with one attached hydrogen (secondary N) is 1. The number of benzene rings is 1. The second kappa shape index (κ2) is 9.66. The molecule has 2 atom stereocenters. The molecule has 10 heteroatoms. The summed E-state index contributed by atoms with van der Waals surface area (Å²) in [5, 5.41) is 1.90. The lowest BCUT2D eigenvalue weighted by atomic mass is 9.78. The minimum atomic E-state index is -3.92. The summed E-state index contributed by atoms with van der Waals surface area (Å²) >= 11 is 1.43. The van der Waals surface area contributed by atoms with E-state index in [1.807, 2.05) is 22.4 Å². The van der Waals surface area contributed by atoms with Gasteiger partial charge in [0.05, 0.1) is 9.77 Å². The molecule has 3 aliphatic rings. The molecule has 0 bridgehead atoms. The molecule has 186 valence electrons. The molecular weight excluding hydrogens is 484 g/mol. The topological polar surface area (TPSA) is 90.0 Å². The third-order valence-electron chi connectivity index (χ3n) is 7.30. The van der Waals surface area contributed by atoms with Gasteiger partial charge in [0.1, 0.15) is 5.70 Å². The average molecular weight is 515 g/mol. The summed E-state index contributed by atoms with van der Waals surface area (Å²) in [4.78, 5) is 32.9. The lowest BCUT2D eigenvalue weighted by Gasteiger charge is -2.48. The molecule has 5 rings (SSSR count). The first-order valence-corrected chi connectivity index (χ1v) is 14.4. The summed E-state index contributed by atoms with van der Waals surface area (Å²) in [5.74, 6) is -0.201. The van der Waals surface area contributed by atoms with Crippen molar-refractivity contribution in [2.24, 2.45) is 5.92 Å². The molecule has 1 saturated carbocycles. The second-order valence-corrected chi connectivity index (χ2v) is 11.9. The van der Waals surface area contributed by atoms with E-state index in [9.17, 15) is 18.0 Å². The molecule has 1 aromatic carbocycles. The number of likely N-dealkylation sites (N-methyl/N-ethyl adjacent to an activating group) is 1. The normalized spacial score (nSPS) is 23.3. The quantitative estimate of drug-likeness (QED) is 0.663. The van der Waals surface area contributed by atoms with Crippen molar-refractivity contribution >= 4 is 33.2 Å². The Morgan fingerprint density at radius 2 is 1.71 bits per heavy atom. The Kier molecular flexibility index (Phi) is 6.59. The van der Waals surface area contributed by atoms with Crippen LogP contribution in [0.2, 0.25) is 0 Å². The Morgan fingerprint density at radius 3 is 2.40 bits per heavy atom. The number of piperazine rings is 1. The van der Waals surface area contributed by atoms with Crippen molar-refractivity contribution in [1.29, 1.82) is 0 Å². The van der Waals surface area contributed by atoms with Crippen LogP contribution < -0.4 is 4.72 Å². The van der Waals surface area contributed by atoms with E-state index >= 15 is 0 Å². The first kappa shape index (κ1) is 23.9. The highest BCUT2D eigenvalue weighted by Crippen LogP contribution is 2.40. The molecule has 2 unspecified atom stereocenters. The third kappa shape index (κ3) is 4.56. The van der Waals surface area contributed by atoms with Crippen LogP contribution in [0.5, 0.6) is 0 Å². The van der Waals surface area contributed by atoms with Crippen molar-refractivity contribution in [3.05, 3.63) is 64.1 Å². The molecule has 1 aromatic heterocycles. The fraction of sp³-hybridized carbons (Fsp3) is 0.440. The first-order chi connectivity index (χ1) is 16.9. The molecule has 1 aliphatic carbocycles. The predicted octanol–water partition coefficient (Wildman–Crippen LogP) is 2.73. The molecule has 1 N–H and O–H groups in total. The molecule has 3 heterocycles. The molecule has 0 spiro atoms. The van der Waals surface area contributed by atoms with E-state index < -0.39 is 10.0 Å². The SMILES string of the molecule is CN1C(=O)C(NS(=O)(=O)c2ccccc2)=C(N2CCN(C(=O)c3cccs3)CC2)C2CCCCC21. The summed E-state index contributed by atoms with van der Waals surface area (Å²) in [6.07, 6.45) is 3.91. The summed E-state index contributed by atoms with van der Waals surface area (Å²) in [6, 6.07) is 11.9. The zero-order valence-electron chi connectivity index (χ0n) is 19.7. The fourth-order valence-electron chi connectivity index (χ4n) is 5.50. The van der Waals surface area contributed by atoms with Gasteiger partial charge in [-0.25, -0.2) is 8.42 Å². The highest BCUT2D eigenvalue weighted by atomic mass is 32.2. The van der Waals surface area contributed by atoms with Gasteiger partial charge in [-0.05, 0) is 36.4 Å². The molecule has 1 saturated heterocycles. The largest absolute Gasteiger partial charge is 0.369 e. The van der Waals surface area contributed by atoms with Crippen LogP contribution in [-0.2, 0) is 14.8 Å². The molecule has 8 nitrogen and oxygen atoms in total. The van der Waals surface area contributed by atoms with Gasteiger partial charge >= 0.3 is 0 Å². The van der Waals surface area contributed by atoms with Crippen LogP contribution >= 0.6 is 11.3 Å². The van der Waals surface area contributed by atoms with Gasteiger partial charge in [-0.1, -0.05) is 37.1 Å². The van der Waals surface area contributed by atoms with Crippen molar-refractivity contribution in [2.75, 3.05) is 33.2 Å². The Hall–Kier alpha value is -2.85. The lowest BCUT2D eigenvalue weighted by molar-refractivity contribution is -0.131. The smallest absolute Gasteiger partial charge is 0.272 e. The number of hydrogen-bond acceptors (Lipinski definition) is 6. The number of rotatable bonds is 5. The maximum absolute atomic E-state index is 13.5. The molecule has 2 aromatic rings. The summed E-state index contributed by atoms with van der Waals surface area (Å²) in [6.45, 7) is 2.17. The molecule has 2 aliphatic heterocycles. The van der Waals surface area contributed by atoms with E-state index in [-0.39, 0.29) is 34.4 Å². The van der Waals surface area contributed by atoms with Crippen LogP contribution in [-0.4, -0.2) is 74.2 Å². The van der Waals surface area contributed by atoms with Crippen LogP contribution in [0.4, 0.5) is 0 Å². The number of fused-ring (bicyclic) bond motifs is 1. The number of sulfonamides is 1. The van der Waals surface area contributed by atoms with Crippen molar-refractivity contribution < 1.29 is 18.0 Å². The molecule has 35 heavy (non-hydrogen) atoms. The second-order valence-electron chi connectivity index (χ2n) is 9.31. The van der Waals surface area contributed by atoms with Crippen LogP contribution in [0.1, 0.15) is 35.4 Å². The zero-order chi connectivity index (χ0) is 24.6. The van der Waals surface area contributed by atoms with E-state index in [0.29, 0.717) is 26.2 Å².